The van der Waals surface area contributed by atoms with Gasteiger partial charge >= 0.3 is 12.6 Å². The SMILES string of the molecule is CC(CCCC(=O)O)c1ccc(OC(F)F)cc1. The Morgan fingerprint density at radius 3 is 2.44 bits per heavy atom. The standard InChI is InChI=1S/C13H16F2O3/c1-9(3-2-4-12(16)17)10-5-7-11(8-6-10)18-13(14)15/h5-9,13H,2-4H2,1H3,(H,16,17). The molecule has 0 saturated carbocycles. The average Bonchev–Trinajstić information content (AvgIpc) is 2.28. The summed E-state index contributed by atoms with van der Waals surface area (Å²) in [5.74, 6) is -0.473. The summed E-state index contributed by atoms with van der Waals surface area (Å²) in [6, 6.07) is 6.44. The molecule has 0 heterocycles. The van der Waals surface area contributed by atoms with Crippen molar-refractivity contribution in [3.8, 4) is 5.75 Å². The van der Waals surface area contributed by atoms with Gasteiger partial charge in [-0.3, -0.25) is 4.79 Å². The molecule has 0 aliphatic carbocycles. The second-order valence-corrected chi connectivity index (χ2v) is 4.13. The van der Waals surface area contributed by atoms with Gasteiger partial charge < -0.3 is 9.84 Å². The highest BCUT2D eigenvalue weighted by atomic mass is 19.3. The Hall–Kier alpha value is -1.65. The fourth-order valence-corrected chi connectivity index (χ4v) is 1.70. The van der Waals surface area contributed by atoms with Gasteiger partial charge in [-0.05, 0) is 36.5 Å². The van der Waals surface area contributed by atoms with E-state index in [1.54, 1.807) is 12.1 Å². The first kappa shape index (κ1) is 14.4. The van der Waals surface area contributed by atoms with E-state index in [0.29, 0.717) is 6.42 Å². The van der Waals surface area contributed by atoms with Crippen LogP contribution < -0.4 is 4.74 Å². The van der Waals surface area contributed by atoms with Crippen molar-refractivity contribution in [3.63, 3.8) is 0 Å². The predicted octanol–water partition coefficient (Wildman–Crippen LogP) is 3.65. The van der Waals surface area contributed by atoms with Gasteiger partial charge in [0.15, 0.2) is 0 Å². The summed E-state index contributed by atoms with van der Waals surface area (Å²) >= 11 is 0. The van der Waals surface area contributed by atoms with Crippen LogP contribution in [0.1, 0.15) is 37.7 Å². The maximum Gasteiger partial charge on any atom is 0.387 e. The van der Waals surface area contributed by atoms with Crippen LogP contribution in [0.15, 0.2) is 24.3 Å². The third-order valence-corrected chi connectivity index (χ3v) is 2.70. The van der Waals surface area contributed by atoms with E-state index in [-0.39, 0.29) is 18.1 Å². The minimum Gasteiger partial charge on any atom is -0.481 e. The summed E-state index contributed by atoms with van der Waals surface area (Å²) in [6.45, 7) is -0.839. The number of benzene rings is 1. The lowest BCUT2D eigenvalue weighted by Gasteiger charge is -2.12. The molecule has 1 aromatic rings. The van der Waals surface area contributed by atoms with Crippen LogP contribution in [0, 0.1) is 0 Å². The lowest BCUT2D eigenvalue weighted by atomic mass is 9.95. The molecule has 3 nitrogen and oxygen atoms in total. The van der Waals surface area contributed by atoms with Crippen LogP contribution in [-0.2, 0) is 4.79 Å². The molecule has 1 unspecified atom stereocenters. The molecular formula is C13H16F2O3. The molecular weight excluding hydrogens is 242 g/mol. The molecule has 1 rings (SSSR count). The molecule has 1 N–H and O–H groups in total. The largest absolute Gasteiger partial charge is 0.481 e. The summed E-state index contributed by atoms with van der Waals surface area (Å²) in [7, 11) is 0. The van der Waals surface area contributed by atoms with Gasteiger partial charge in [-0.25, -0.2) is 0 Å². The Balaban J connectivity index is 2.48. The first-order valence-corrected chi connectivity index (χ1v) is 5.75. The van der Waals surface area contributed by atoms with Crippen molar-refractivity contribution in [1.29, 1.82) is 0 Å². The molecule has 0 aliphatic rings. The number of carboxylic acid groups (broad SMARTS) is 1. The Morgan fingerprint density at radius 1 is 1.33 bits per heavy atom. The summed E-state index contributed by atoms with van der Waals surface area (Å²) < 4.78 is 28.1. The Kier molecular flexibility index (Phi) is 5.55. The average molecular weight is 258 g/mol. The zero-order chi connectivity index (χ0) is 13.5. The number of aliphatic carboxylic acids is 1. The molecule has 0 amide bonds. The normalized spacial score (nSPS) is 12.4. The van der Waals surface area contributed by atoms with Crippen molar-refractivity contribution in [2.75, 3.05) is 0 Å². The van der Waals surface area contributed by atoms with Crippen LogP contribution >= 0.6 is 0 Å². The minimum absolute atomic E-state index is 0.131. The van der Waals surface area contributed by atoms with Crippen LogP contribution in [-0.4, -0.2) is 17.7 Å². The van der Waals surface area contributed by atoms with Crippen LogP contribution in [0.25, 0.3) is 0 Å². The summed E-state index contributed by atoms with van der Waals surface area (Å²) in [5, 5.41) is 8.53. The Morgan fingerprint density at radius 2 is 1.94 bits per heavy atom. The van der Waals surface area contributed by atoms with Crippen molar-refractivity contribution in [3.05, 3.63) is 29.8 Å². The maximum atomic E-state index is 11.9. The summed E-state index contributed by atoms with van der Waals surface area (Å²) in [4.78, 5) is 10.4. The van der Waals surface area contributed by atoms with Gasteiger partial charge in [0.05, 0.1) is 0 Å². The van der Waals surface area contributed by atoms with E-state index in [0.717, 1.165) is 12.0 Å². The number of alkyl halides is 2. The van der Waals surface area contributed by atoms with E-state index >= 15 is 0 Å². The maximum absolute atomic E-state index is 11.9. The van der Waals surface area contributed by atoms with E-state index in [9.17, 15) is 13.6 Å². The van der Waals surface area contributed by atoms with Gasteiger partial charge in [-0.1, -0.05) is 19.1 Å². The number of carbonyl (C=O) groups is 1. The first-order valence-electron chi connectivity index (χ1n) is 5.75. The number of hydrogen-bond donors (Lipinski definition) is 1. The number of rotatable bonds is 7. The molecule has 5 heteroatoms. The van der Waals surface area contributed by atoms with Crippen LogP contribution in [0.2, 0.25) is 0 Å². The third kappa shape index (κ3) is 5.12. The van der Waals surface area contributed by atoms with E-state index in [4.69, 9.17) is 5.11 Å². The molecule has 0 bridgehead atoms. The van der Waals surface area contributed by atoms with Gasteiger partial charge in [0.1, 0.15) is 5.75 Å². The van der Waals surface area contributed by atoms with Crippen LogP contribution in [0.5, 0.6) is 5.75 Å². The van der Waals surface area contributed by atoms with Crippen LogP contribution in [0.4, 0.5) is 8.78 Å². The van der Waals surface area contributed by atoms with E-state index in [1.165, 1.54) is 12.1 Å². The third-order valence-electron chi connectivity index (χ3n) is 2.70. The van der Waals surface area contributed by atoms with Crippen molar-refractivity contribution in [1.82, 2.24) is 0 Å². The minimum atomic E-state index is -2.82. The second-order valence-electron chi connectivity index (χ2n) is 4.13. The molecule has 1 aromatic carbocycles. The zero-order valence-electron chi connectivity index (χ0n) is 10.1. The number of ether oxygens (including phenoxy) is 1. The second kappa shape index (κ2) is 6.93. The quantitative estimate of drug-likeness (QED) is 0.812. The number of halogens is 2. The fraction of sp³-hybridized carbons (Fsp3) is 0.462. The smallest absolute Gasteiger partial charge is 0.387 e. The topological polar surface area (TPSA) is 46.5 Å². The van der Waals surface area contributed by atoms with Gasteiger partial charge in [0, 0.05) is 6.42 Å². The highest BCUT2D eigenvalue weighted by Gasteiger charge is 2.08. The Labute approximate surface area is 104 Å². The van der Waals surface area contributed by atoms with E-state index in [1.807, 2.05) is 6.92 Å². The Bertz CT molecular complexity index is 376. The zero-order valence-corrected chi connectivity index (χ0v) is 10.1. The lowest BCUT2D eigenvalue weighted by Crippen LogP contribution is -2.02. The van der Waals surface area contributed by atoms with Crippen molar-refractivity contribution >= 4 is 5.97 Å². The van der Waals surface area contributed by atoms with Gasteiger partial charge in [-0.2, -0.15) is 8.78 Å². The molecule has 1 atom stereocenters. The highest BCUT2D eigenvalue weighted by molar-refractivity contribution is 5.66. The van der Waals surface area contributed by atoms with Crippen molar-refractivity contribution in [2.24, 2.45) is 0 Å². The van der Waals surface area contributed by atoms with Crippen molar-refractivity contribution in [2.45, 2.75) is 38.7 Å². The molecule has 100 valence electrons. The molecule has 0 aliphatic heterocycles. The van der Waals surface area contributed by atoms with Crippen molar-refractivity contribution < 1.29 is 23.4 Å². The molecule has 18 heavy (non-hydrogen) atoms. The number of hydrogen-bond acceptors (Lipinski definition) is 2. The lowest BCUT2D eigenvalue weighted by molar-refractivity contribution is -0.137. The van der Waals surface area contributed by atoms with E-state index in [2.05, 4.69) is 4.74 Å². The summed E-state index contributed by atoms with van der Waals surface area (Å²) in [6.07, 6.45) is 1.50. The molecule has 0 saturated heterocycles. The van der Waals surface area contributed by atoms with E-state index < -0.39 is 12.6 Å². The molecule has 0 spiro atoms. The van der Waals surface area contributed by atoms with Gasteiger partial charge in [-0.15, -0.1) is 0 Å². The predicted molar refractivity (Wildman–Crippen MR) is 63.0 cm³/mol. The molecule has 0 fully saturated rings. The highest BCUT2D eigenvalue weighted by Crippen LogP contribution is 2.24. The van der Waals surface area contributed by atoms with Gasteiger partial charge in [0.2, 0.25) is 0 Å². The molecule has 0 aromatic heterocycles. The monoisotopic (exact) mass is 258 g/mol. The van der Waals surface area contributed by atoms with Gasteiger partial charge in [0.25, 0.3) is 0 Å². The fourth-order valence-electron chi connectivity index (χ4n) is 1.70. The van der Waals surface area contributed by atoms with Crippen LogP contribution in [0.3, 0.4) is 0 Å². The first-order chi connectivity index (χ1) is 8.49. The molecule has 0 radical (unpaired) electrons. The number of carboxylic acids is 1. The summed E-state index contributed by atoms with van der Waals surface area (Å²) in [5.41, 5.74) is 0.988.